The minimum Gasteiger partial charge on any atom is -0.463 e. The van der Waals surface area contributed by atoms with Gasteiger partial charge >= 0.3 is 5.91 Å². The number of hydrogen-bond acceptors (Lipinski definition) is 6. The minimum absolute atomic E-state index is 0.241. The quantitative estimate of drug-likeness (QED) is 0.556. The van der Waals surface area contributed by atoms with E-state index in [0.717, 1.165) is 16.6 Å². The van der Waals surface area contributed by atoms with Gasteiger partial charge in [-0.15, -0.1) is 0 Å². The lowest BCUT2D eigenvalue weighted by Gasteiger charge is -2.21. The molecule has 0 saturated heterocycles. The fourth-order valence-corrected chi connectivity index (χ4v) is 3.25. The van der Waals surface area contributed by atoms with Gasteiger partial charge in [-0.25, -0.2) is 5.01 Å². The summed E-state index contributed by atoms with van der Waals surface area (Å²) >= 11 is 0. The maximum Gasteiger partial charge on any atom is 0.310 e. The van der Waals surface area contributed by atoms with Gasteiger partial charge in [0, 0.05) is 18.8 Å². The molecular formula is C20H14N4O3. The highest BCUT2D eigenvalue weighted by Crippen LogP contribution is 2.35. The Morgan fingerprint density at radius 2 is 1.81 bits per heavy atom. The molecule has 7 heteroatoms. The third-order valence-electron chi connectivity index (χ3n) is 4.53. The van der Waals surface area contributed by atoms with E-state index >= 15 is 0 Å². The molecule has 0 N–H and O–H groups in total. The van der Waals surface area contributed by atoms with Gasteiger partial charge in [0.1, 0.15) is 11.5 Å². The van der Waals surface area contributed by atoms with Gasteiger partial charge in [-0.2, -0.15) is 5.10 Å². The average Bonchev–Trinajstić information content (AvgIpc) is 3.48. The lowest BCUT2D eigenvalue weighted by molar-refractivity contribution is 0.0678. The number of aromatic nitrogens is 2. The molecule has 4 aromatic rings. The number of nitrogens with zero attached hydrogens (tertiary/aromatic N) is 4. The van der Waals surface area contributed by atoms with Gasteiger partial charge < -0.3 is 8.83 Å². The average molecular weight is 358 g/mol. The van der Waals surface area contributed by atoms with Crippen LogP contribution in [0.1, 0.15) is 34.3 Å². The highest BCUT2D eigenvalue weighted by molar-refractivity contribution is 6.02. The van der Waals surface area contributed by atoms with Gasteiger partial charge in [-0.05, 0) is 42.0 Å². The first kappa shape index (κ1) is 15.5. The zero-order valence-corrected chi connectivity index (χ0v) is 14.1. The molecule has 1 atom stereocenters. The fraction of sp³-hybridized carbons (Fsp3) is 0.100. The monoisotopic (exact) mass is 358 g/mol. The third kappa shape index (κ3) is 2.69. The maximum atomic E-state index is 12.9. The molecule has 132 valence electrons. The molecule has 0 fully saturated rings. The Kier molecular flexibility index (Phi) is 3.57. The molecule has 0 radical (unpaired) electrons. The summed E-state index contributed by atoms with van der Waals surface area (Å²) in [5, 5.41) is 5.99. The molecule has 5 rings (SSSR count). The first-order valence-electron chi connectivity index (χ1n) is 8.49. The SMILES string of the molecule is O=C(c1ccco1)N1N=C(c2ccco2)C[C@H]1c1ccc2nccnc2c1. The maximum absolute atomic E-state index is 12.9. The predicted octanol–water partition coefficient (Wildman–Crippen LogP) is 3.81. The smallest absolute Gasteiger partial charge is 0.310 e. The van der Waals surface area contributed by atoms with Crippen LogP contribution >= 0.6 is 0 Å². The molecule has 0 aliphatic carbocycles. The molecule has 0 unspecified atom stereocenters. The van der Waals surface area contributed by atoms with Crippen LogP contribution in [-0.4, -0.2) is 26.6 Å². The van der Waals surface area contributed by atoms with Crippen molar-refractivity contribution in [1.29, 1.82) is 0 Å². The molecule has 3 aromatic heterocycles. The Labute approximate surface area is 153 Å². The van der Waals surface area contributed by atoms with E-state index in [-0.39, 0.29) is 17.7 Å². The van der Waals surface area contributed by atoms with Crippen molar-refractivity contribution in [2.45, 2.75) is 12.5 Å². The molecule has 0 spiro atoms. The predicted molar refractivity (Wildman–Crippen MR) is 97.0 cm³/mol. The van der Waals surface area contributed by atoms with Gasteiger partial charge in [0.25, 0.3) is 0 Å². The first-order chi connectivity index (χ1) is 13.3. The van der Waals surface area contributed by atoms with Crippen LogP contribution < -0.4 is 0 Å². The van der Waals surface area contributed by atoms with Crippen molar-refractivity contribution in [3.05, 3.63) is 84.5 Å². The minimum atomic E-state index is -0.300. The van der Waals surface area contributed by atoms with Gasteiger partial charge in [0.05, 0.1) is 29.6 Å². The number of hydrogen-bond donors (Lipinski definition) is 0. The van der Waals surface area contributed by atoms with E-state index < -0.39 is 0 Å². The zero-order chi connectivity index (χ0) is 18.2. The van der Waals surface area contributed by atoms with Gasteiger partial charge in [0.2, 0.25) is 0 Å². The van der Waals surface area contributed by atoms with E-state index in [0.29, 0.717) is 17.9 Å². The third-order valence-corrected chi connectivity index (χ3v) is 4.53. The number of amides is 1. The van der Waals surface area contributed by atoms with Crippen molar-refractivity contribution in [3.63, 3.8) is 0 Å². The highest BCUT2D eigenvalue weighted by atomic mass is 16.3. The summed E-state index contributed by atoms with van der Waals surface area (Å²) in [6.45, 7) is 0. The second-order valence-electron chi connectivity index (χ2n) is 6.18. The molecule has 1 aliphatic heterocycles. The first-order valence-corrected chi connectivity index (χ1v) is 8.49. The number of hydrazone groups is 1. The van der Waals surface area contributed by atoms with Crippen molar-refractivity contribution < 1.29 is 13.6 Å². The molecule has 7 nitrogen and oxygen atoms in total. The second-order valence-corrected chi connectivity index (χ2v) is 6.18. The van der Waals surface area contributed by atoms with Crippen LogP contribution in [0.5, 0.6) is 0 Å². The van der Waals surface area contributed by atoms with Crippen molar-refractivity contribution in [1.82, 2.24) is 15.0 Å². The summed E-state index contributed by atoms with van der Waals surface area (Å²) in [5.41, 5.74) is 3.21. The molecule has 0 bridgehead atoms. The molecule has 0 saturated carbocycles. The van der Waals surface area contributed by atoms with E-state index in [1.54, 1.807) is 36.9 Å². The summed E-state index contributed by atoms with van der Waals surface area (Å²) in [4.78, 5) is 21.6. The number of rotatable bonds is 3. The Hall–Kier alpha value is -3.74. The van der Waals surface area contributed by atoms with E-state index in [9.17, 15) is 4.79 Å². The van der Waals surface area contributed by atoms with Crippen molar-refractivity contribution in [3.8, 4) is 0 Å². The van der Waals surface area contributed by atoms with Crippen LogP contribution in [0, 0.1) is 0 Å². The van der Waals surface area contributed by atoms with Crippen LogP contribution in [0.25, 0.3) is 11.0 Å². The Bertz CT molecular complexity index is 1130. The van der Waals surface area contributed by atoms with Gasteiger partial charge in [0.15, 0.2) is 5.76 Å². The van der Waals surface area contributed by atoms with Crippen molar-refractivity contribution in [2.75, 3.05) is 0 Å². The summed E-state index contributed by atoms with van der Waals surface area (Å²) in [5.74, 6) is 0.589. The van der Waals surface area contributed by atoms with E-state index in [4.69, 9.17) is 8.83 Å². The van der Waals surface area contributed by atoms with Crippen LogP contribution in [0.15, 0.2) is 81.3 Å². The lowest BCUT2D eigenvalue weighted by atomic mass is 10.00. The fourth-order valence-electron chi connectivity index (χ4n) is 3.25. The summed E-state index contributed by atoms with van der Waals surface area (Å²) in [6, 6.07) is 12.5. The summed E-state index contributed by atoms with van der Waals surface area (Å²) in [7, 11) is 0. The topological polar surface area (TPSA) is 84.7 Å². The summed E-state index contributed by atoms with van der Waals surface area (Å²) < 4.78 is 10.8. The highest BCUT2D eigenvalue weighted by Gasteiger charge is 2.35. The Morgan fingerprint density at radius 1 is 1.00 bits per heavy atom. The van der Waals surface area contributed by atoms with Crippen LogP contribution in [0.4, 0.5) is 0 Å². The number of furan rings is 2. The number of fused-ring (bicyclic) bond motifs is 1. The molecule has 4 heterocycles. The molecule has 1 aromatic carbocycles. The summed E-state index contributed by atoms with van der Waals surface area (Å²) in [6.07, 6.45) is 6.90. The van der Waals surface area contributed by atoms with Gasteiger partial charge in [-0.1, -0.05) is 6.07 Å². The van der Waals surface area contributed by atoms with Crippen LogP contribution in [-0.2, 0) is 0 Å². The number of carbonyl (C=O) groups excluding carboxylic acids is 1. The van der Waals surface area contributed by atoms with Crippen LogP contribution in [0.2, 0.25) is 0 Å². The number of benzene rings is 1. The van der Waals surface area contributed by atoms with E-state index in [2.05, 4.69) is 15.1 Å². The van der Waals surface area contributed by atoms with Crippen LogP contribution in [0.3, 0.4) is 0 Å². The van der Waals surface area contributed by atoms with E-state index in [1.807, 2.05) is 24.3 Å². The molecular weight excluding hydrogens is 344 g/mol. The van der Waals surface area contributed by atoms with Crippen molar-refractivity contribution in [2.24, 2.45) is 5.10 Å². The molecule has 27 heavy (non-hydrogen) atoms. The second kappa shape index (κ2) is 6.21. The Morgan fingerprint density at radius 3 is 2.59 bits per heavy atom. The Balaban J connectivity index is 1.57. The zero-order valence-electron chi connectivity index (χ0n) is 14.1. The lowest BCUT2D eigenvalue weighted by Crippen LogP contribution is -2.26. The van der Waals surface area contributed by atoms with E-state index in [1.165, 1.54) is 11.3 Å². The standard InChI is InChI=1S/C20H14N4O3/c25-20(19-4-2-10-27-19)24-17(12-16(23-24)18-3-1-9-26-18)13-5-6-14-15(11-13)22-8-7-21-14/h1-11,17H,12H2/t17-/m0/s1. The molecule has 1 amide bonds. The normalized spacial score (nSPS) is 16.7. The van der Waals surface area contributed by atoms with Crippen molar-refractivity contribution >= 4 is 22.7 Å². The number of carbonyl (C=O) groups is 1. The van der Waals surface area contributed by atoms with Gasteiger partial charge in [-0.3, -0.25) is 14.8 Å². The largest absolute Gasteiger partial charge is 0.463 e. The molecule has 1 aliphatic rings.